The second-order valence-electron chi connectivity index (χ2n) is 7.29. The average Bonchev–Trinajstić information content (AvgIpc) is 2.60. The zero-order valence-electron chi connectivity index (χ0n) is 16.1. The molecular weight excluding hydrogens is 397 g/mol. The average molecular weight is 418 g/mol. The van der Waals surface area contributed by atoms with Crippen LogP contribution in [0.2, 0.25) is 10.0 Å². The minimum Gasteiger partial charge on any atom is -0.449 e. The van der Waals surface area contributed by atoms with Crippen LogP contribution < -0.4 is 4.74 Å². The monoisotopic (exact) mass is 417 g/mol. The van der Waals surface area contributed by atoms with Gasteiger partial charge < -0.3 is 9.84 Å². The van der Waals surface area contributed by atoms with Gasteiger partial charge in [-0.15, -0.1) is 0 Å². The van der Waals surface area contributed by atoms with E-state index in [2.05, 4.69) is 18.8 Å². The first kappa shape index (κ1) is 20.4. The molecule has 1 heterocycles. The number of carboxylic acid groups (broad SMARTS) is 1. The van der Waals surface area contributed by atoms with Gasteiger partial charge in [-0.3, -0.25) is 0 Å². The van der Waals surface area contributed by atoms with Crippen molar-refractivity contribution in [2.45, 2.75) is 39.5 Å². The largest absolute Gasteiger partial charge is 0.511 e. The molecule has 0 unspecified atom stereocenters. The minimum absolute atomic E-state index is 0.0717. The fraction of sp³-hybridized carbons (Fsp3) is 0.273. The lowest BCUT2D eigenvalue weighted by Crippen LogP contribution is -2.10. The van der Waals surface area contributed by atoms with E-state index in [-0.39, 0.29) is 11.7 Å². The van der Waals surface area contributed by atoms with Crippen molar-refractivity contribution < 1.29 is 14.6 Å². The first-order valence-electron chi connectivity index (χ1n) is 9.02. The van der Waals surface area contributed by atoms with Crippen molar-refractivity contribution >= 4 is 40.3 Å². The van der Waals surface area contributed by atoms with Crippen molar-refractivity contribution in [3.63, 3.8) is 0 Å². The van der Waals surface area contributed by atoms with Crippen LogP contribution >= 0.6 is 23.2 Å². The van der Waals surface area contributed by atoms with Gasteiger partial charge in [-0.1, -0.05) is 75.2 Å². The van der Waals surface area contributed by atoms with Crippen molar-refractivity contribution in [1.29, 1.82) is 0 Å². The van der Waals surface area contributed by atoms with Crippen LogP contribution in [0.4, 0.5) is 4.79 Å². The van der Waals surface area contributed by atoms with Crippen LogP contribution in [0.1, 0.15) is 50.8 Å². The number of hydrogen-bond acceptors (Lipinski definition) is 3. The molecule has 3 aromatic rings. The fourth-order valence-corrected chi connectivity index (χ4v) is 3.75. The van der Waals surface area contributed by atoms with Gasteiger partial charge in [-0.25, -0.2) is 9.78 Å². The highest BCUT2D eigenvalue weighted by Gasteiger charge is 2.24. The second-order valence-corrected chi connectivity index (χ2v) is 8.13. The van der Waals surface area contributed by atoms with E-state index in [4.69, 9.17) is 27.9 Å². The molecule has 0 saturated heterocycles. The summed E-state index contributed by atoms with van der Waals surface area (Å²) in [5, 5.41) is 10.9. The quantitative estimate of drug-likeness (QED) is 0.446. The van der Waals surface area contributed by atoms with Crippen molar-refractivity contribution in [2.24, 2.45) is 0 Å². The Hall–Kier alpha value is -2.30. The van der Waals surface area contributed by atoms with Crippen LogP contribution in [0.3, 0.4) is 0 Å². The molecule has 6 heteroatoms. The van der Waals surface area contributed by atoms with E-state index in [0.29, 0.717) is 38.1 Å². The van der Waals surface area contributed by atoms with Gasteiger partial charge >= 0.3 is 6.16 Å². The Kier molecular flexibility index (Phi) is 5.82. The number of halogens is 2. The van der Waals surface area contributed by atoms with Gasteiger partial charge in [0.25, 0.3) is 0 Å². The summed E-state index contributed by atoms with van der Waals surface area (Å²) in [5.74, 6) is 0.459. The van der Waals surface area contributed by atoms with Crippen LogP contribution in [0.5, 0.6) is 5.75 Å². The third kappa shape index (κ3) is 3.94. The highest BCUT2D eigenvalue weighted by Crippen LogP contribution is 2.44. The smallest absolute Gasteiger partial charge is 0.449 e. The highest BCUT2D eigenvalue weighted by molar-refractivity contribution is 6.38. The van der Waals surface area contributed by atoms with Crippen LogP contribution in [-0.4, -0.2) is 16.2 Å². The number of nitrogens with zero attached hydrogens (tertiary/aromatic N) is 1. The molecule has 1 N–H and O–H groups in total. The molecule has 0 aliphatic rings. The van der Waals surface area contributed by atoms with Crippen molar-refractivity contribution in [3.8, 4) is 16.9 Å². The molecule has 4 nitrogen and oxygen atoms in total. The van der Waals surface area contributed by atoms with Gasteiger partial charge in [0.05, 0.1) is 16.2 Å². The molecule has 2 aromatic carbocycles. The summed E-state index contributed by atoms with van der Waals surface area (Å²) in [7, 11) is 0. The van der Waals surface area contributed by atoms with Crippen LogP contribution in [-0.2, 0) is 0 Å². The zero-order chi connectivity index (χ0) is 20.6. The number of ether oxygens (including phenoxy) is 1. The zero-order valence-corrected chi connectivity index (χ0v) is 17.6. The molecule has 0 fully saturated rings. The molecule has 0 aliphatic carbocycles. The van der Waals surface area contributed by atoms with Gasteiger partial charge in [0.2, 0.25) is 0 Å². The summed E-state index contributed by atoms with van der Waals surface area (Å²) in [4.78, 5) is 16.1. The molecule has 0 radical (unpaired) electrons. The third-order valence-electron chi connectivity index (χ3n) is 4.57. The molecule has 146 valence electrons. The molecule has 0 spiro atoms. The normalized spacial score (nSPS) is 11.4. The molecule has 1 aromatic heterocycles. The summed E-state index contributed by atoms with van der Waals surface area (Å²) in [6.45, 7) is 8.07. The first-order chi connectivity index (χ1) is 13.2. The molecule has 28 heavy (non-hydrogen) atoms. The maximum absolute atomic E-state index is 11.5. The summed E-state index contributed by atoms with van der Waals surface area (Å²) >= 11 is 12.7. The fourth-order valence-electron chi connectivity index (χ4n) is 3.21. The molecule has 0 aliphatic heterocycles. The number of hydrogen-bond donors (Lipinski definition) is 1. The van der Waals surface area contributed by atoms with Gasteiger partial charge in [0, 0.05) is 16.0 Å². The van der Waals surface area contributed by atoms with Gasteiger partial charge in [-0.05, 0) is 35.1 Å². The van der Waals surface area contributed by atoms with Crippen molar-refractivity contribution in [3.05, 3.63) is 57.7 Å². The summed E-state index contributed by atoms with van der Waals surface area (Å²) in [6, 6.07) is 11.3. The predicted octanol–water partition coefficient (Wildman–Crippen LogP) is 7.51. The molecule has 0 amide bonds. The SMILES string of the molecule is CC(C)c1cccc(-c2c(OC(=O)O)c(C(C)C)nc3c(Cl)cc(Cl)cc23)c1. The molecular formula is C22H21Cl2NO3. The molecule has 0 atom stereocenters. The second kappa shape index (κ2) is 7.98. The van der Waals surface area contributed by atoms with Crippen molar-refractivity contribution in [2.75, 3.05) is 0 Å². The van der Waals surface area contributed by atoms with Crippen molar-refractivity contribution in [1.82, 2.24) is 4.98 Å². The van der Waals surface area contributed by atoms with E-state index in [1.165, 1.54) is 0 Å². The standard InChI is InChI=1S/C22H21Cl2NO3/c1-11(2)13-6-5-7-14(8-13)18-16-9-15(23)10-17(24)20(16)25-19(12(3)4)21(18)28-22(26)27/h5-12H,1-4H3,(H,26,27). The summed E-state index contributed by atoms with van der Waals surface area (Å²) in [5.41, 5.74) is 3.68. The minimum atomic E-state index is -1.39. The van der Waals surface area contributed by atoms with E-state index < -0.39 is 6.16 Å². The number of pyridine rings is 1. The Morgan fingerprint density at radius 1 is 1.07 bits per heavy atom. The number of rotatable bonds is 4. The number of carbonyl (C=O) groups is 1. The summed E-state index contributed by atoms with van der Waals surface area (Å²) < 4.78 is 5.25. The van der Waals surface area contributed by atoms with E-state index >= 15 is 0 Å². The van der Waals surface area contributed by atoms with Crippen LogP contribution in [0.15, 0.2) is 36.4 Å². The Bertz CT molecular complexity index is 1060. The van der Waals surface area contributed by atoms with E-state index in [9.17, 15) is 9.90 Å². The lowest BCUT2D eigenvalue weighted by atomic mass is 9.93. The predicted molar refractivity (Wildman–Crippen MR) is 114 cm³/mol. The lowest BCUT2D eigenvalue weighted by molar-refractivity contribution is 0.144. The Morgan fingerprint density at radius 2 is 1.79 bits per heavy atom. The van der Waals surface area contributed by atoms with Gasteiger partial charge in [-0.2, -0.15) is 0 Å². The molecule has 0 saturated carbocycles. The third-order valence-corrected chi connectivity index (χ3v) is 5.07. The van der Waals surface area contributed by atoms with E-state index in [0.717, 1.165) is 11.1 Å². The van der Waals surface area contributed by atoms with Gasteiger partial charge in [0.1, 0.15) is 0 Å². The summed E-state index contributed by atoms with van der Waals surface area (Å²) in [6.07, 6.45) is -1.39. The van der Waals surface area contributed by atoms with E-state index in [1.807, 2.05) is 38.1 Å². The first-order valence-corrected chi connectivity index (χ1v) is 9.78. The van der Waals surface area contributed by atoms with Crippen LogP contribution in [0.25, 0.3) is 22.0 Å². The Morgan fingerprint density at radius 3 is 2.39 bits per heavy atom. The van der Waals surface area contributed by atoms with Crippen LogP contribution in [0, 0.1) is 0 Å². The maximum Gasteiger partial charge on any atom is 0.511 e. The Labute approximate surface area is 174 Å². The number of fused-ring (bicyclic) bond motifs is 1. The van der Waals surface area contributed by atoms with E-state index in [1.54, 1.807) is 12.1 Å². The topological polar surface area (TPSA) is 59.4 Å². The lowest BCUT2D eigenvalue weighted by Gasteiger charge is -2.19. The number of aromatic nitrogens is 1. The van der Waals surface area contributed by atoms with Gasteiger partial charge in [0.15, 0.2) is 5.75 Å². The number of benzene rings is 2. The highest BCUT2D eigenvalue weighted by atomic mass is 35.5. The molecule has 3 rings (SSSR count). The Balaban J connectivity index is 2.49. The maximum atomic E-state index is 11.5. The molecule has 0 bridgehead atoms.